The van der Waals surface area contributed by atoms with Gasteiger partial charge >= 0.3 is 6.03 Å². The van der Waals surface area contributed by atoms with E-state index in [-0.39, 0.29) is 6.03 Å². The number of carbonyl (C=O) groups excluding carboxylic acids is 1. The molecule has 31 heavy (non-hydrogen) atoms. The van der Waals surface area contributed by atoms with Gasteiger partial charge in [-0.25, -0.2) is 4.79 Å². The summed E-state index contributed by atoms with van der Waals surface area (Å²) < 4.78 is 0. The van der Waals surface area contributed by atoms with E-state index >= 15 is 0 Å². The summed E-state index contributed by atoms with van der Waals surface area (Å²) in [6, 6.07) is 8.01. The summed E-state index contributed by atoms with van der Waals surface area (Å²) in [6.07, 6.45) is 21.9. The van der Waals surface area contributed by atoms with Gasteiger partial charge in [0.25, 0.3) is 0 Å². The molecule has 0 saturated carbocycles. The van der Waals surface area contributed by atoms with Crippen molar-refractivity contribution in [1.82, 2.24) is 5.32 Å². The molecule has 0 radical (unpaired) electrons. The van der Waals surface area contributed by atoms with Crippen molar-refractivity contribution in [1.29, 1.82) is 0 Å². The largest absolute Gasteiger partial charge is 0.338 e. The Morgan fingerprint density at radius 1 is 0.677 bits per heavy atom. The Kier molecular flexibility index (Phi) is 17.0. The summed E-state index contributed by atoms with van der Waals surface area (Å²) in [7, 11) is 0. The Bertz CT molecular complexity index is 538. The highest BCUT2D eigenvalue weighted by Crippen LogP contribution is 2.17. The van der Waals surface area contributed by atoms with Crippen LogP contribution in [0.15, 0.2) is 24.3 Å². The van der Waals surface area contributed by atoms with Crippen LogP contribution >= 0.6 is 0 Å². The van der Waals surface area contributed by atoms with Crippen LogP contribution in [-0.4, -0.2) is 12.6 Å². The smallest absolute Gasteiger partial charge is 0.319 e. The molecule has 0 aliphatic heterocycles. The van der Waals surface area contributed by atoms with Crippen LogP contribution in [0.4, 0.5) is 10.5 Å². The van der Waals surface area contributed by atoms with Crippen LogP contribution in [0.1, 0.15) is 135 Å². The molecular weight excluding hydrogens is 380 g/mol. The zero-order chi connectivity index (χ0) is 22.6. The van der Waals surface area contributed by atoms with E-state index in [2.05, 4.69) is 43.5 Å². The monoisotopic (exact) mass is 430 g/mol. The molecule has 0 saturated heterocycles. The third-order valence-electron chi connectivity index (χ3n) is 6.15. The first-order valence-corrected chi connectivity index (χ1v) is 13.3. The lowest BCUT2D eigenvalue weighted by atomic mass is 10.0. The molecule has 178 valence electrons. The lowest BCUT2D eigenvalue weighted by Gasteiger charge is -2.09. The number of amides is 2. The van der Waals surface area contributed by atoms with E-state index in [1.807, 2.05) is 12.1 Å². The highest BCUT2D eigenvalue weighted by atomic mass is 16.2. The normalized spacial score (nSPS) is 11.1. The Balaban J connectivity index is 1.83. The summed E-state index contributed by atoms with van der Waals surface area (Å²) in [4.78, 5) is 12.0. The number of hydrogen-bond acceptors (Lipinski definition) is 1. The summed E-state index contributed by atoms with van der Waals surface area (Å²) in [6.45, 7) is 7.39. The van der Waals surface area contributed by atoms with E-state index in [1.165, 1.54) is 102 Å². The van der Waals surface area contributed by atoms with Crippen LogP contribution < -0.4 is 10.6 Å². The van der Waals surface area contributed by atoms with Crippen molar-refractivity contribution in [2.24, 2.45) is 0 Å². The molecule has 2 amide bonds. The van der Waals surface area contributed by atoms with Crippen molar-refractivity contribution in [2.45, 2.75) is 129 Å². The average molecular weight is 431 g/mol. The number of rotatable bonds is 19. The molecule has 1 rings (SSSR count). The van der Waals surface area contributed by atoms with Gasteiger partial charge in [-0.15, -0.1) is 0 Å². The second kappa shape index (κ2) is 19.2. The first kappa shape index (κ1) is 27.5. The predicted molar refractivity (Wildman–Crippen MR) is 137 cm³/mol. The van der Waals surface area contributed by atoms with Crippen molar-refractivity contribution in [3.8, 4) is 0 Å². The molecule has 0 unspecified atom stereocenters. The summed E-state index contributed by atoms with van der Waals surface area (Å²) in [5.74, 6) is 0.512. The lowest BCUT2D eigenvalue weighted by molar-refractivity contribution is 0.252. The molecule has 3 nitrogen and oxygen atoms in total. The second-order valence-corrected chi connectivity index (χ2v) is 9.46. The molecular formula is C28H50N2O. The van der Waals surface area contributed by atoms with E-state index < -0.39 is 0 Å². The van der Waals surface area contributed by atoms with Crippen LogP contribution in [0.3, 0.4) is 0 Å². The molecule has 1 aromatic carbocycles. The Hall–Kier alpha value is -1.51. The Morgan fingerprint density at radius 3 is 1.52 bits per heavy atom. The maximum atomic E-state index is 12.0. The van der Waals surface area contributed by atoms with Crippen LogP contribution in [0.25, 0.3) is 0 Å². The fourth-order valence-corrected chi connectivity index (χ4v) is 4.00. The predicted octanol–water partition coefficient (Wildman–Crippen LogP) is 9.19. The van der Waals surface area contributed by atoms with Gasteiger partial charge in [-0.05, 0) is 30.0 Å². The van der Waals surface area contributed by atoms with Crippen LogP contribution in [0.5, 0.6) is 0 Å². The maximum absolute atomic E-state index is 12.0. The molecule has 0 spiro atoms. The molecule has 0 atom stereocenters. The molecule has 3 heteroatoms. The zero-order valence-electron chi connectivity index (χ0n) is 20.8. The van der Waals surface area contributed by atoms with Gasteiger partial charge in [-0.3, -0.25) is 0 Å². The number of benzene rings is 1. The molecule has 0 aliphatic carbocycles. The van der Waals surface area contributed by atoms with E-state index in [1.54, 1.807) is 0 Å². The SMILES string of the molecule is CCCCCCCCCCCCCCCCCCNC(=O)Nc1ccc(C(C)C)cc1. The maximum Gasteiger partial charge on any atom is 0.319 e. The Morgan fingerprint density at radius 2 is 1.10 bits per heavy atom. The number of nitrogens with one attached hydrogen (secondary N) is 2. The number of unbranched alkanes of at least 4 members (excludes halogenated alkanes) is 15. The van der Waals surface area contributed by atoms with Gasteiger partial charge in [0, 0.05) is 12.2 Å². The van der Waals surface area contributed by atoms with E-state index in [9.17, 15) is 4.79 Å². The zero-order valence-corrected chi connectivity index (χ0v) is 20.8. The van der Waals surface area contributed by atoms with Gasteiger partial charge in [-0.1, -0.05) is 129 Å². The minimum absolute atomic E-state index is 0.0988. The third kappa shape index (κ3) is 15.9. The minimum Gasteiger partial charge on any atom is -0.338 e. The third-order valence-corrected chi connectivity index (χ3v) is 6.15. The van der Waals surface area contributed by atoms with Crippen LogP contribution in [0.2, 0.25) is 0 Å². The average Bonchev–Trinajstić information content (AvgIpc) is 2.76. The van der Waals surface area contributed by atoms with Crippen molar-refractivity contribution in [3.05, 3.63) is 29.8 Å². The van der Waals surface area contributed by atoms with Crippen molar-refractivity contribution in [2.75, 3.05) is 11.9 Å². The Labute approximate surface area is 193 Å². The van der Waals surface area contributed by atoms with Crippen molar-refractivity contribution in [3.63, 3.8) is 0 Å². The fraction of sp³-hybridized carbons (Fsp3) is 0.750. The topological polar surface area (TPSA) is 41.1 Å². The molecule has 2 N–H and O–H groups in total. The van der Waals surface area contributed by atoms with Crippen LogP contribution in [0, 0.1) is 0 Å². The summed E-state index contributed by atoms with van der Waals surface area (Å²) >= 11 is 0. The molecule has 0 bridgehead atoms. The highest BCUT2D eigenvalue weighted by Gasteiger charge is 2.03. The van der Waals surface area contributed by atoms with Crippen molar-refractivity contribution < 1.29 is 4.79 Å². The van der Waals surface area contributed by atoms with Gasteiger partial charge < -0.3 is 10.6 Å². The first-order chi connectivity index (χ1) is 15.1. The first-order valence-electron chi connectivity index (χ1n) is 13.3. The van der Waals surface area contributed by atoms with E-state index in [0.29, 0.717) is 5.92 Å². The van der Waals surface area contributed by atoms with E-state index in [4.69, 9.17) is 0 Å². The number of carbonyl (C=O) groups is 1. The molecule has 1 aromatic rings. The van der Waals surface area contributed by atoms with Gasteiger partial charge in [0.15, 0.2) is 0 Å². The standard InChI is InChI=1S/C28H50N2O/c1-4-5-6-7-8-9-10-11-12-13-14-15-16-17-18-19-24-29-28(31)30-27-22-20-26(21-23-27)25(2)3/h20-23,25H,4-19,24H2,1-3H3,(H2,29,30,31). The molecule has 0 heterocycles. The molecule has 0 fully saturated rings. The quantitative estimate of drug-likeness (QED) is 0.211. The number of urea groups is 1. The van der Waals surface area contributed by atoms with Crippen LogP contribution in [-0.2, 0) is 0 Å². The van der Waals surface area contributed by atoms with Gasteiger partial charge in [-0.2, -0.15) is 0 Å². The lowest BCUT2D eigenvalue weighted by Crippen LogP contribution is -2.29. The van der Waals surface area contributed by atoms with Gasteiger partial charge in [0.1, 0.15) is 0 Å². The number of anilines is 1. The van der Waals surface area contributed by atoms with Gasteiger partial charge in [0.05, 0.1) is 0 Å². The summed E-state index contributed by atoms with van der Waals surface area (Å²) in [5, 5.41) is 5.88. The van der Waals surface area contributed by atoms with E-state index in [0.717, 1.165) is 18.7 Å². The highest BCUT2D eigenvalue weighted by molar-refractivity contribution is 5.89. The summed E-state index contributed by atoms with van der Waals surface area (Å²) in [5.41, 5.74) is 2.15. The minimum atomic E-state index is -0.0988. The van der Waals surface area contributed by atoms with Gasteiger partial charge in [0.2, 0.25) is 0 Å². The fourth-order valence-electron chi connectivity index (χ4n) is 4.00. The number of hydrogen-bond donors (Lipinski definition) is 2. The molecule has 0 aromatic heterocycles. The molecule has 0 aliphatic rings. The second-order valence-electron chi connectivity index (χ2n) is 9.46. The van der Waals surface area contributed by atoms with Crippen molar-refractivity contribution >= 4 is 11.7 Å².